The van der Waals surface area contributed by atoms with Gasteiger partial charge in [-0.15, -0.1) is 11.3 Å². The molecule has 0 aliphatic carbocycles. The van der Waals surface area contributed by atoms with Gasteiger partial charge in [-0.1, -0.05) is 28.1 Å². The van der Waals surface area contributed by atoms with Gasteiger partial charge in [0.05, 0.1) is 0 Å². The van der Waals surface area contributed by atoms with E-state index >= 15 is 0 Å². The molecule has 1 aromatic carbocycles. The van der Waals surface area contributed by atoms with Gasteiger partial charge in [-0.3, -0.25) is 4.90 Å². The second-order valence-corrected chi connectivity index (χ2v) is 7.19. The van der Waals surface area contributed by atoms with Crippen LogP contribution in [0.1, 0.15) is 35.0 Å². The molecule has 2 atom stereocenters. The minimum Gasteiger partial charge on any atom is -0.329 e. The van der Waals surface area contributed by atoms with Gasteiger partial charge in [0.15, 0.2) is 0 Å². The van der Waals surface area contributed by atoms with Crippen LogP contribution in [0.3, 0.4) is 0 Å². The highest BCUT2D eigenvalue weighted by molar-refractivity contribution is 9.10. The molecule has 0 bridgehead atoms. The van der Waals surface area contributed by atoms with Gasteiger partial charge in [-0.05, 0) is 48.1 Å². The number of fused-ring (bicyclic) bond motifs is 1. The molecular weight excluding hydrogens is 332 g/mol. The van der Waals surface area contributed by atoms with Crippen LogP contribution in [0.4, 0.5) is 0 Å². The molecular formula is C16H19BrN2S. The summed E-state index contributed by atoms with van der Waals surface area (Å²) in [5.41, 5.74) is 8.87. The predicted molar refractivity (Wildman–Crippen MR) is 89.1 cm³/mol. The highest BCUT2D eigenvalue weighted by Crippen LogP contribution is 2.38. The fourth-order valence-electron chi connectivity index (χ4n) is 3.13. The fourth-order valence-corrected chi connectivity index (χ4v) is 4.51. The summed E-state index contributed by atoms with van der Waals surface area (Å²) in [6.07, 6.45) is 1.14. The summed E-state index contributed by atoms with van der Waals surface area (Å²) >= 11 is 5.44. The van der Waals surface area contributed by atoms with Gasteiger partial charge in [-0.2, -0.15) is 0 Å². The molecule has 0 saturated heterocycles. The van der Waals surface area contributed by atoms with Crippen LogP contribution >= 0.6 is 27.3 Å². The zero-order chi connectivity index (χ0) is 14.1. The zero-order valence-corrected chi connectivity index (χ0v) is 14.0. The first-order valence-corrected chi connectivity index (χ1v) is 8.65. The maximum atomic E-state index is 6.09. The standard InChI is InChI=1S/C16H19BrN2S/c1-11-14-6-8-20-16(14)5-7-19(11)15(10-18)12-3-2-4-13(17)9-12/h2-4,6,8-9,11,15H,5,7,10,18H2,1H3. The lowest BCUT2D eigenvalue weighted by atomic mass is 9.96. The van der Waals surface area contributed by atoms with E-state index in [-0.39, 0.29) is 6.04 Å². The normalized spacial score (nSPS) is 20.6. The minimum absolute atomic E-state index is 0.288. The Balaban J connectivity index is 1.91. The quantitative estimate of drug-likeness (QED) is 0.901. The van der Waals surface area contributed by atoms with E-state index in [2.05, 4.69) is 63.5 Å². The molecule has 1 aliphatic rings. The van der Waals surface area contributed by atoms with Crippen molar-refractivity contribution in [2.45, 2.75) is 25.4 Å². The van der Waals surface area contributed by atoms with Crippen molar-refractivity contribution in [3.8, 4) is 0 Å². The second kappa shape index (κ2) is 5.98. The summed E-state index contributed by atoms with van der Waals surface area (Å²) in [6, 6.07) is 11.5. The Kier molecular flexibility index (Phi) is 4.26. The number of nitrogens with zero attached hydrogens (tertiary/aromatic N) is 1. The molecule has 3 rings (SSSR count). The van der Waals surface area contributed by atoms with E-state index < -0.39 is 0 Å². The molecule has 2 N–H and O–H groups in total. The average Bonchev–Trinajstić information content (AvgIpc) is 2.91. The highest BCUT2D eigenvalue weighted by Gasteiger charge is 2.30. The van der Waals surface area contributed by atoms with Gasteiger partial charge in [0.25, 0.3) is 0 Å². The number of thiophene rings is 1. The summed E-state index contributed by atoms with van der Waals surface area (Å²) in [4.78, 5) is 4.08. The molecule has 2 heterocycles. The number of hydrogen-bond donors (Lipinski definition) is 1. The molecule has 20 heavy (non-hydrogen) atoms. The topological polar surface area (TPSA) is 29.3 Å². The van der Waals surface area contributed by atoms with Gasteiger partial charge >= 0.3 is 0 Å². The van der Waals surface area contributed by atoms with E-state index in [0.29, 0.717) is 12.6 Å². The maximum absolute atomic E-state index is 6.09. The van der Waals surface area contributed by atoms with E-state index in [9.17, 15) is 0 Å². The van der Waals surface area contributed by atoms with E-state index in [4.69, 9.17) is 5.73 Å². The minimum atomic E-state index is 0.288. The third-order valence-electron chi connectivity index (χ3n) is 4.18. The van der Waals surface area contributed by atoms with Crippen LogP contribution in [0, 0.1) is 0 Å². The van der Waals surface area contributed by atoms with Crippen molar-refractivity contribution in [2.24, 2.45) is 5.73 Å². The number of rotatable bonds is 3. The van der Waals surface area contributed by atoms with Crippen molar-refractivity contribution in [1.29, 1.82) is 0 Å². The number of benzene rings is 1. The van der Waals surface area contributed by atoms with Crippen LogP contribution in [-0.2, 0) is 6.42 Å². The average molecular weight is 351 g/mol. The summed E-state index contributed by atoms with van der Waals surface area (Å²) in [7, 11) is 0. The van der Waals surface area contributed by atoms with Crippen LogP contribution in [0.25, 0.3) is 0 Å². The van der Waals surface area contributed by atoms with Gasteiger partial charge in [0.1, 0.15) is 0 Å². The van der Waals surface area contributed by atoms with Crippen molar-refractivity contribution in [3.63, 3.8) is 0 Å². The molecule has 106 valence electrons. The van der Waals surface area contributed by atoms with Crippen molar-refractivity contribution in [2.75, 3.05) is 13.1 Å². The molecule has 0 amide bonds. The summed E-state index contributed by atoms with van der Waals surface area (Å²) in [5, 5.41) is 2.21. The SMILES string of the molecule is CC1c2ccsc2CCN1C(CN)c1cccc(Br)c1. The molecule has 2 unspecified atom stereocenters. The number of halogens is 1. The molecule has 0 fully saturated rings. The van der Waals surface area contributed by atoms with E-state index in [0.717, 1.165) is 17.4 Å². The number of nitrogens with two attached hydrogens (primary N) is 1. The van der Waals surface area contributed by atoms with Crippen LogP contribution in [-0.4, -0.2) is 18.0 Å². The largest absolute Gasteiger partial charge is 0.329 e. The lowest BCUT2D eigenvalue weighted by Crippen LogP contribution is -2.39. The second-order valence-electron chi connectivity index (χ2n) is 5.27. The molecule has 0 saturated carbocycles. The molecule has 2 aromatic rings. The van der Waals surface area contributed by atoms with Crippen molar-refractivity contribution < 1.29 is 0 Å². The lowest BCUT2D eigenvalue weighted by molar-refractivity contribution is 0.138. The van der Waals surface area contributed by atoms with E-state index in [1.165, 1.54) is 11.1 Å². The Morgan fingerprint density at radius 2 is 2.30 bits per heavy atom. The molecule has 2 nitrogen and oxygen atoms in total. The van der Waals surface area contributed by atoms with Crippen molar-refractivity contribution in [3.05, 3.63) is 56.2 Å². The Morgan fingerprint density at radius 3 is 3.05 bits per heavy atom. The Morgan fingerprint density at radius 1 is 1.45 bits per heavy atom. The van der Waals surface area contributed by atoms with Crippen LogP contribution in [0.5, 0.6) is 0 Å². The molecule has 4 heteroatoms. The molecule has 0 spiro atoms. The third kappa shape index (κ3) is 2.58. The smallest absolute Gasteiger partial charge is 0.0477 e. The molecule has 0 radical (unpaired) electrons. The first-order valence-electron chi connectivity index (χ1n) is 6.98. The van der Waals surface area contributed by atoms with Gasteiger partial charge in [-0.25, -0.2) is 0 Å². The summed E-state index contributed by atoms with van der Waals surface area (Å²) < 4.78 is 1.12. The van der Waals surface area contributed by atoms with Crippen molar-refractivity contribution >= 4 is 27.3 Å². The summed E-state index contributed by atoms with van der Waals surface area (Å²) in [5.74, 6) is 0. The van der Waals surface area contributed by atoms with Crippen LogP contribution < -0.4 is 5.73 Å². The first kappa shape index (κ1) is 14.3. The third-order valence-corrected chi connectivity index (χ3v) is 5.67. The van der Waals surface area contributed by atoms with Gasteiger partial charge in [0, 0.05) is 34.5 Å². The number of hydrogen-bond acceptors (Lipinski definition) is 3. The summed E-state index contributed by atoms with van der Waals surface area (Å²) in [6.45, 7) is 4.04. The fraction of sp³-hybridized carbons (Fsp3) is 0.375. The van der Waals surface area contributed by atoms with E-state index in [1.807, 2.05) is 11.3 Å². The lowest BCUT2D eigenvalue weighted by Gasteiger charge is -2.39. The Bertz CT molecular complexity index is 596. The van der Waals surface area contributed by atoms with E-state index in [1.54, 1.807) is 4.88 Å². The first-order chi connectivity index (χ1) is 9.70. The van der Waals surface area contributed by atoms with Crippen molar-refractivity contribution in [1.82, 2.24) is 4.90 Å². The molecule has 1 aliphatic heterocycles. The predicted octanol–water partition coefficient (Wildman–Crippen LogP) is 4.13. The zero-order valence-electron chi connectivity index (χ0n) is 11.6. The van der Waals surface area contributed by atoms with Gasteiger partial charge in [0.2, 0.25) is 0 Å². The van der Waals surface area contributed by atoms with Crippen LogP contribution in [0.2, 0.25) is 0 Å². The van der Waals surface area contributed by atoms with Crippen LogP contribution in [0.15, 0.2) is 40.2 Å². The van der Waals surface area contributed by atoms with Gasteiger partial charge < -0.3 is 5.73 Å². The highest BCUT2D eigenvalue weighted by atomic mass is 79.9. The maximum Gasteiger partial charge on any atom is 0.0477 e. The Labute approximate surface area is 132 Å². The monoisotopic (exact) mass is 350 g/mol. The Hall–Kier alpha value is -0.680. The molecule has 1 aromatic heterocycles.